The molecule has 0 spiro atoms. The predicted molar refractivity (Wildman–Crippen MR) is 70.9 cm³/mol. The molecule has 7 heteroatoms. The van der Waals surface area contributed by atoms with E-state index < -0.39 is 16.4 Å². The lowest BCUT2D eigenvalue weighted by Gasteiger charge is -2.22. The molecule has 0 heterocycles. The van der Waals surface area contributed by atoms with Gasteiger partial charge in [-0.05, 0) is 35.3 Å². The van der Waals surface area contributed by atoms with E-state index in [0.717, 1.165) is 0 Å². The Labute approximate surface area is 113 Å². The van der Waals surface area contributed by atoms with Crippen LogP contribution in [-0.2, 0) is 11.3 Å². The maximum Gasteiger partial charge on any atom is 0.283 e. The Hall–Kier alpha value is -1.47. The van der Waals surface area contributed by atoms with Crippen molar-refractivity contribution >= 4 is 27.5 Å². The van der Waals surface area contributed by atoms with Gasteiger partial charge < -0.3 is 5.73 Å². The summed E-state index contributed by atoms with van der Waals surface area (Å²) in [4.78, 5) is 21.4. The second kappa shape index (κ2) is 5.45. The van der Waals surface area contributed by atoms with Crippen LogP contribution in [0, 0.1) is 10.1 Å². The Balaban J connectivity index is 2.90. The average Bonchev–Trinajstić information content (AvgIpc) is 2.27. The molecule has 0 saturated heterocycles. The molecule has 0 aliphatic carbocycles. The summed E-state index contributed by atoms with van der Waals surface area (Å²) in [6, 6.07) is 4.74. The minimum atomic E-state index is -0.871. The summed E-state index contributed by atoms with van der Waals surface area (Å²) < 4.78 is 0.405. The van der Waals surface area contributed by atoms with Gasteiger partial charge >= 0.3 is 0 Å². The van der Waals surface area contributed by atoms with Crippen LogP contribution in [0.2, 0.25) is 0 Å². The van der Waals surface area contributed by atoms with Crippen molar-refractivity contribution in [2.75, 3.05) is 0 Å². The van der Waals surface area contributed by atoms with Crippen molar-refractivity contribution in [3.8, 4) is 0 Å². The first kappa shape index (κ1) is 14.6. The van der Waals surface area contributed by atoms with Crippen LogP contribution < -0.4 is 11.1 Å². The molecule has 98 valence electrons. The van der Waals surface area contributed by atoms with E-state index in [1.54, 1.807) is 26.0 Å². The van der Waals surface area contributed by atoms with Crippen LogP contribution >= 0.6 is 15.9 Å². The number of nitrogens with one attached hydrogen (secondary N) is 1. The summed E-state index contributed by atoms with van der Waals surface area (Å²) in [6.07, 6.45) is 0. The summed E-state index contributed by atoms with van der Waals surface area (Å²) in [6.45, 7) is 3.61. The number of benzene rings is 1. The van der Waals surface area contributed by atoms with Gasteiger partial charge in [0.25, 0.3) is 5.69 Å². The van der Waals surface area contributed by atoms with E-state index in [9.17, 15) is 14.9 Å². The maximum absolute atomic E-state index is 11.1. The molecule has 1 rings (SSSR count). The molecule has 3 N–H and O–H groups in total. The number of nitro groups is 1. The van der Waals surface area contributed by atoms with Crippen LogP contribution in [0.1, 0.15) is 19.4 Å². The number of amides is 1. The Bertz CT molecular complexity index is 488. The molecule has 0 radical (unpaired) electrons. The highest BCUT2D eigenvalue weighted by molar-refractivity contribution is 9.10. The van der Waals surface area contributed by atoms with Gasteiger partial charge in [-0.3, -0.25) is 20.2 Å². The SMILES string of the molecule is CC(C)(NCc1cccc([N+](=O)[O-])c1Br)C(N)=O. The average molecular weight is 316 g/mol. The molecule has 0 saturated carbocycles. The van der Waals surface area contributed by atoms with Gasteiger partial charge in [0, 0.05) is 12.6 Å². The van der Waals surface area contributed by atoms with Crippen LogP contribution in [0.4, 0.5) is 5.69 Å². The van der Waals surface area contributed by atoms with Gasteiger partial charge in [-0.1, -0.05) is 12.1 Å². The predicted octanol–water partition coefficient (Wildman–Crippen LogP) is 1.71. The number of carbonyl (C=O) groups excluding carboxylic acids is 1. The third-order valence-electron chi connectivity index (χ3n) is 2.59. The highest BCUT2D eigenvalue weighted by Gasteiger charge is 2.24. The largest absolute Gasteiger partial charge is 0.368 e. The fourth-order valence-electron chi connectivity index (χ4n) is 1.25. The molecule has 0 fully saturated rings. The number of hydrogen-bond donors (Lipinski definition) is 2. The zero-order chi connectivity index (χ0) is 13.9. The standard InChI is InChI=1S/C11H14BrN3O3/c1-11(2,10(13)16)14-6-7-4-3-5-8(9(7)12)15(17)18/h3-5,14H,6H2,1-2H3,(H2,13,16). The van der Waals surface area contributed by atoms with E-state index in [2.05, 4.69) is 21.2 Å². The van der Waals surface area contributed by atoms with Crippen molar-refractivity contribution in [1.29, 1.82) is 0 Å². The molecule has 1 amide bonds. The number of nitrogens with two attached hydrogens (primary N) is 1. The van der Waals surface area contributed by atoms with E-state index in [4.69, 9.17) is 5.73 Å². The number of nitrogens with zero attached hydrogens (tertiary/aromatic N) is 1. The highest BCUT2D eigenvalue weighted by Crippen LogP contribution is 2.28. The number of hydrogen-bond acceptors (Lipinski definition) is 4. The monoisotopic (exact) mass is 315 g/mol. The molecule has 18 heavy (non-hydrogen) atoms. The lowest BCUT2D eigenvalue weighted by Crippen LogP contribution is -2.50. The molecule has 6 nitrogen and oxygen atoms in total. The zero-order valence-corrected chi connectivity index (χ0v) is 11.7. The van der Waals surface area contributed by atoms with Gasteiger partial charge in [0.2, 0.25) is 5.91 Å². The highest BCUT2D eigenvalue weighted by atomic mass is 79.9. The lowest BCUT2D eigenvalue weighted by molar-refractivity contribution is -0.385. The van der Waals surface area contributed by atoms with Gasteiger partial charge in [0.1, 0.15) is 0 Å². The van der Waals surface area contributed by atoms with Crippen LogP contribution in [0.15, 0.2) is 22.7 Å². The number of carbonyl (C=O) groups is 1. The maximum atomic E-state index is 11.1. The number of halogens is 1. The smallest absolute Gasteiger partial charge is 0.283 e. The number of rotatable bonds is 5. The van der Waals surface area contributed by atoms with E-state index in [1.165, 1.54) is 6.07 Å². The number of nitro benzene ring substituents is 1. The molecule has 0 atom stereocenters. The third-order valence-corrected chi connectivity index (χ3v) is 3.51. The molecule has 0 bridgehead atoms. The quantitative estimate of drug-likeness (QED) is 0.638. The van der Waals surface area contributed by atoms with Crippen LogP contribution in [0.3, 0.4) is 0 Å². The second-order valence-electron chi connectivity index (χ2n) is 4.35. The number of primary amides is 1. The normalized spacial score (nSPS) is 11.3. The molecule has 1 aromatic carbocycles. The minimum Gasteiger partial charge on any atom is -0.368 e. The topological polar surface area (TPSA) is 98.3 Å². The van der Waals surface area contributed by atoms with Crippen molar-refractivity contribution in [3.05, 3.63) is 38.3 Å². The van der Waals surface area contributed by atoms with E-state index in [1.807, 2.05) is 0 Å². The van der Waals surface area contributed by atoms with Crippen LogP contribution in [0.25, 0.3) is 0 Å². The molecule has 0 aliphatic heterocycles. The van der Waals surface area contributed by atoms with Crippen molar-refractivity contribution in [2.24, 2.45) is 5.73 Å². The molecule has 1 aromatic rings. The van der Waals surface area contributed by atoms with Crippen molar-refractivity contribution in [1.82, 2.24) is 5.32 Å². The lowest BCUT2D eigenvalue weighted by atomic mass is 10.0. The molecule has 0 aromatic heterocycles. The summed E-state index contributed by atoms with van der Waals surface area (Å²) in [5.74, 6) is -0.482. The van der Waals surface area contributed by atoms with Crippen molar-refractivity contribution in [2.45, 2.75) is 25.9 Å². The van der Waals surface area contributed by atoms with Gasteiger partial charge in [0.15, 0.2) is 0 Å². The summed E-state index contributed by atoms with van der Waals surface area (Å²) in [5, 5.41) is 13.7. The van der Waals surface area contributed by atoms with E-state index in [0.29, 0.717) is 16.6 Å². The van der Waals surface area contributed by atoms with Gasteiger partial charge in [0.05, 0.1) is 14.9 Å². The van der Waals surface area contributed by atoms with Crippen LogP contribution in [-0.4, -0.2) is 16.4 Å². The van der Waals surface area contributed by atoms with E-state index >= 15 is 0 Å². The Morgan fingerprint density at radius 3 is 2.67 bits per heavy atom. The third kappa shape index (κ3) is 3.27. The van der Waals surface area contributed by atoms with Crippen molar-refractivity contribution < 1.29 is 9.72 Å². The van der Waals surface area contributed by atoms with Crippen LogP contribution in [0.5, 0.6) is 0 Å². The van der Waals surface area contributed by atoms with Gasteiger partial charge in [-0.15, -0.1) is 0 Å². The molecule has 0 aliphatic rings. The Morgan fingerprint density at radius 1 is 1.56 bits per heavy atom. The van der Waals surface area contributed by atoms with Gasteiger partial charge in [-0.2, -0.15) is 0 Å². The zero-order valence-electron chi connectivity index (χ0n) is 10.1. The fraction of sp³-hybridized carbons (Fsp3) is 0.364. The second-order valence-corrected chi connectivity index (χ2v) is 5.14. The Morgan fingerprint density at radius 2 is 2.17 bits per heavy atom. The first-order valence-electron chi connectivity index (χ1n) is 5.22. The van der Waals surface area contributed by atoms with Crippen molar-refractivity contribution in [3.63, 3.8) is 0 Å². The minimum absolute atomic E-state index is 0.00817. The summed E-state index contributed by atoms with van der Waals surface area (Å²) >= 11 is 3.19. The molecule has 0 unspecified atom stereocenters. The first-order valence-corrected chi connectivity index (χ1v) is 6.01. The Kier molecular flexibility index (Phi) is 4.42. The molecular weight excluding hydrogens is 302 g/mol. The summed E-state index contributed by atoms with van der Waals surface area (Å²) in [7, 11) is 0. The van der Waals surface area contributed by atoms with E-state index in [-0.39, 0.29) is 5.69 Å². The summed E-state index contributed by atoms with van der Waals surface area (Å²) in [5.41, 5.74) is 5.04. The fourth-order valence-corrected chi connectivity index (χ4v) is 1.80. The first-order chi connectivity index (χ1) is 8.25. The molecular formula is C11H14BrN3O3. The van der Waals surface area contributed by atoms with Gasteiger partial charge in [-0.25, -0.2) is 0 Å².